The van der Waals surface area contributed by atoms with Crippen LogP contribution in [0.2, 0.25) is 0 Å². The molecule has 0 saturated carbocycles. The van der Waals surface area contributed by atoms with Crippen molar-refractivity contribution in [3.05, 3.63) is 34.4 Å². The Morgan fingerprint density at radius 2 is 1.15 bits per heavy atom. The van der Waals surface area contributed by atoms with E-state index in [2.05, 4.69) is 0 Å². The molecular formula is C30H46O8S2. The number of unbranched alkanes of at least 4 members (excludes halogenated alkanes) is 4. The molecule has 1 aromatic rings. The van der Waals surface area contributed by atoms with Gasteiger partial charge in [0.05, 0.1) is 24.3 Å². The minimum Gasteiger partial charge on any atom is -0.478 e. The predicted octanol–water partition coefficient (Wildman–Crippen LogP) is 6.66. The lowest BCUT2D eigenvalue weighted by molar-refractivity contribution is -0.144. The summed E-state index contributed by atoms with van der Waals surface area (Å²) in [4.78, 5) is 46.5. The second kappa shape index (κ2) is 22.5. The fraction of sp³-hybridized carbons (Fsp3) is 0.667. The molecule has 40 heavy (non-hydrogen) atoms. The molecule has 226 valence electrons. The highest BCUT2D eigenvalue weighted by Crippen LogP contribution is 2.25. The average Bonchev–Trinajstić information content (AvgIpc) is 2.91. The molecular weight excluding hydrogens is 552 g/mol. The van der Waals surface area contributed by atoms with Gasteiger partial charge in [-0.2, -0.15) is 23.5 Å². The lowest BCUT2D eigenvalue weighted by Crippen LogP contribution is -2.14. The first-order valence-corrected chi connectivity index (χ1v) is 16.7. The highest BCUT2D eigenvalue weighted by atomic mass is 32.2. The minimum atomic E-state index is -1.22. The molecule has 2 N–H and O–H groups in total. The van der Waals surface area contributed by atoms with E-state index in [4.69, 9.17) is 9.47 Å². The number of hydrogen-bond donors (Lipinski definition) is 2. The summed E-state index contributed by atoms with van der Waals surface area (Å²) in [7, 11) is 0. The molecule has 0 aliphatic heterocycles. The van der Waals surface area contributed by atoms with Gasteiger partial charge in [0, 0.05) is 12.8 Å². The molecule has 10 heteroatoms. The van der Waals surface area contributed by atoms with Crippen molar-refractivity contribution < 1.29 is 38.9 Å². The van der Waals surface area contributed by atoms with E-state index in [1.807, 2.05) is 18.7 Å². The number of aromatic carboxylic acids is 2. The highest BCUT2D eigenvalue weighted by Gasteiger charge is 2.22. The molecule has 0 aliphatic carbocycles. The topological polar surface area (TPSA) is 127 Å². The molecule has 0 spiro atoms. The van der Waals surface area contributed by atoms with E-state index in [1.165, 1.54) is 6.07 Å². The monoisotopic (exact) mass is 598 g/mol. The molecule has 0 aliphatic rings. The van der Waals surface area contributed by atoms with E-state index in [9.17, 15) is 29.4 Å². The highest BCUT2D eigenvalue weighted by molar-refractivity contribution is 7.99. The molecule has 0 saturated heterocycles. The third-order valence-electron chi connectivity index (χ3n) is 6.25. The fourth-order valence-electron chi connectivity index (χ4n) is 4.32. The molecule has 1 aromatic carbocycles. The molecule has 0 unspecified atom stereocenters. The first-order valence-electron chi connectivity index (χ1n) is 14.4. The molecule has 0 bridgehead atoms. The second-order valence-corrected chi connectivity index (χ2v) is 11.8. The number of carboxylic acids is 2. The van der Waals surface area contributed by atoms with Crippen LogP contribution in [0.5, 0.6) is 0 Å². The molecule has 0 fully saturated rings. The normalized spacial score (nSPS) is 10.8. The van der Waals surface area contributed by atoms with Crippen molar-refractivity contribution in [2.24, 2.45) is 0 Å². The van der Waals surface area contributed by atoms with E-state index in [1.54, 1.807) is 24.8 Å². The Morgan fingerprint density at radius 3 is 1.62 bits per heavy atom. The van der Waals surface area contributed by atoms with E-state index in [0.717, 1.165) is 79.9 Å². The van der Waals surface area contributed by atoms with Gasteiger partial charge in [-0.3, -0.25) is 9.59 Å². The second-order valence-electron chi connectivity index (χ2n) is 9.40. The molecule has 0 heterocycles. The Hall–Kier alpha value is -2.20. The lowest BCUT2D eigenvalue weighted by Gasteiger charge is -2.15. The SMILES string of the molecule is CCOC(=O)CCCCCSCCCc1ccc(C(=O)O)c(C(=O)O)c1CCCSCCCCCC(=O)OCC. The molecule has 0 aromatic heterocycles. The van der Waals surface area contributed by atoms with Gasteiger partial charge in [-0.1, -0.05) is 18.9 Å². The number of aryl methyl sites for hydroxylation is 1. The number of benzene rings is 1. The van der Waals surface area contributed by atoms with Crippen LogP contribution in [0.1, 0.15) is 110 Å². The van der Waals surface area contributed by atoms with E-state index in [0.29, 0.717) is 44.5 Å². The van der Waals surface area contributed by atoms with Gasteiger partial charge in [0.15, 0.2) is 0 Å². The Labute approximate surface area is 247 Å². The zero-order valence-corrected chi connectivity index (χ0v) is 25.7. The Morgan fingerprint density at radius 1 is 0.650 bits per heavy atom. The fourth-order valence-corrected chi connectivity index (χ4v) is 6.24. The largest absolute Gasteiger partial charge is 0.478 e. The third kappa shape index (κ3) is 15.6. The summed E-state index contributed by atoms with van der Waals surface area (Å²) in [6, 6.07) is 3.20. The summed E-state index contributed by atoms with van der Waals surface area (Å²) in [6.45, 7) is 4.44. The first kappa shape index (κ1) is 35.8. The Bertz CT molecular complexity index is 919. The van der Waals surface area contributed by atoms with Crippen LogP contribution in [0.4, 0.5) is 0 Å². The predicted molar refractivity (Wildman–Crippen MR) is 162 cm³/mol. The molecule has 0 amide bonds. The summed E-state index contributed by atoms with van der Waals surface area (Å²) in [6.07, 6.45) is 9.46. The molecule has 0 radical (unpaired) electrons. The zero-order chi connectivity index (χ0) is 29.6. The number of esters is 2. The number of rotatable bonds is 24. The van der Waals surface area contributed by atoms with Crippen LogP contribution in [0, 0.1) is 0 Å². The summed E-state index contributed by atoms with van der Waals surface area (Å²) < 4.78 is 9.87. The lowest BCUT2D eigenvalue weighted by atomic mass is 9.91. The van der Waals surface area contributed by atoms with Crippen molar-refractivity contribution >= 4 is 47.4 Å². The standard InChI is InChI=1S/C30H46O8S2/c1-3-37-26(31)15-7-5-9-19-39-21-11-13-23-17-18-25(29(33)34)28(30(35)36)24(23)14-12-22-40-20-10-6-8-16-27(32)38-4-2/h17-18H,3-16,19-22H2,1-2H3,(H,33,34)(H,35,36). The first-order chi connectivity index (χ1) is 19.3. The van der Waals surface area contributed by atoms with Gasteiger partial charge in [-0.05, 0) is 105 Å². The maximum atomic E-state index is 12.1. The smallest absolute Gasteiger partial charge is 0.336 e. The van der Waals surface area contributed by atoms with Crippen LogP contribution in [0.15, 0.2) is 12.1 Å². The van der Waals surface area contributed by atoms with Gasteiger partial charge in [0.2, 0.25) is 0 Å². The zero-order valence-electron chi connectivity index (χ0n) is 24.0. The summed E-state index contributed by atoms with van der Waals surface area (Å²) >= 11 is 3.65. The van der Waals surface area contributed by atoms with Crippen molar-refractivity contribution in [3.63, 3.8) is 0 Å². The van der Waals surface area contributed by atoms with Crippen molar-refractivity contribution in [2.45, 2.75) is 90.9 Å². The van der Waals surface area contributed by atoms with Crippen molar-refractivity contribution in [1.82, 2.24) is 0 Å². The van der Waals surface area contributed by atoms with Crippen LogP contribution >= 0.6 is 23.5 Å². The average molecular weight is 599 g/mol. The molecule has 0 atom stereocenters. The van der Waals surface area contributed by atoms with Crippen LogP contribution < -0.4 is 0 Å². The Kier molecular flexibility index (Phi) is 20.1. The van der Waals surface area contributed by atoms with Crippen molar-refractivity contribution in [2.75, 3.05) is 36.2 Å². The van der Waals surface area contributed by atoms with Gasteiger partial charge >= 0.3 is 23.9 Å². The van der Waals surface area contributed by atoms with Gasteiger partial charge < -0.3 is 19.7 Å². The number of thioether (sulfide) groups is 2. The van der Waals surface area contributed by atoms with Gasteiger partial charge in [0.25, 0.3) is 0 Å². The van der Waals surface area contributed by atoms with Gasteiger partial charge in [0.1, 0.15) is 0 Å². The Balaban J connectivity index is 2.50. The molecule has 8 nitrogen and oxygen atoms in total. The number of ether oxygens (including phenoxy) is 2. The summed E-state index contributed by atoms with van der Waals surface area (Å²) in [5.41, 5.74) is 1.33. The van der Waals surface area contributed by atoms with Gasteiger partial charge in [-0.25, -0.2) is 9.59 Å². The third-order valence-corrected chi connectivity index (χ3v) is 8.56. The minimum absolute atomic E-state index is 0.0804. The summed E-state index contributed by atoms with van der Waals surface area (Å²) in [5.74, 6) is 1.07. The van der Waals surface area contributed by atoms with Crippen LogP contribution in [-0.2, 0) is 31.9 Å². The quantitative estimate of drug-likeness (QED) is 0.0984. The number of hydrogen-bond acceptors (Lipinski definition) is 8. The number of carbonyl (C=O) groups is 4. The van der Waals surface area contributed by atoms with Crippen LogP contribution in [-0.4, -0.2) is 70.3 Å². The maximum absolute atomic E-state index is 12.1. The molecule has 1 rings (SSSR count). The van der Waals surface area contributed by atoms with Gasteiger partial charge in [-0.15, -0.1) is 0 Å². The van der Waals surface area contributed by atoms with E-state index >= 15 is 0 Å². The van der Waals surface area contributed by atoms with Crippen molar-refractivity contribution in [1.29, 1.82) is 0 Å². The number of carbonyl (C=O) groups excluding carboxylic acids is 2. The van der Waals surface area contributed by atoms with Crippen molar-refractivity contribution in [3.8, 4) is 0 Å². The van der Waals surface area contributed by atoms with E-state index in [-0.39, 0.29) is 23.1 Å². The van der Waals surface area contributed by atoms with E-state index < -0.39 is 11.9 Å². The van der Waals surface area contributed by atoms with Crippen LogP contribution in [0.25, 0.3) is 0 Å². The van der Waals surface area contributed by atoms with Crippen LogP contribution in [0.3, 0.4) is 0 Å². The summed E-state index contributed by atoms with van der Waals surface area (Å²) in [5, 5.41) is 19.4. The number of carboxylic acid groups (broad SMARTS) is 2. The maximum Gasteiger partial charge on any atom is 0.336 e.